The molecule has 2 rings (SSSR count). The molecule has 0 unspecified atom stereocenters. The van der Waals surface area contributed by atoms with Crippen LogP contribution in [0.15, 0.2) is 42.6 Å². The van der Waals surface area contributed by atoms with Crippen LogP contribution in [0.2, 0.25) is 0 Å². The first-order valence-corrected chi connectivity index (χ1v) is 4.66. The van der Waals surface area contributed by atoms with E-state index in [9.17, 15) is 5.11 Å². The van der Waals surface area contributed by atoms with Gasteiger partial charge in [-0.25, -0.2) is 0 Å². The zero-order chi connectivity index (χ0) is 10.7. The van der Waals surface area contributed by atoms with Crippen molar-refractivity contribution < 1.29 is 10.2 Å². The third kappa shape index (κ3) is 2.26. The minimum Gasteiger partial charge on any atom is -0.508 e. The van der Waals surface area contributed by atoms with Crippen LogP contribution in [0, 0.1) is 0 Å². The predicted octanol–water partition coefficient (Wildman–Crippen LogP) is 2.08. The van der Waals surface area contributed by atoms with Gasteiger partial charge < -0.3 is 10.2 Å². The van der Waals surface area contributed by atoms with Gasteiger partial charge in [-0.2, -0.15) is 0 Å². The molecular formula is C12H11NO2. The Bertz CT molecular complexity index is 451. The molecule has 0 atom stereocenters. The molecule has 0 fully saturated rings. The van der Waals surface area contributed by atoms with Gasteiger partial charge in [0.25, 0.3) is 0 Å². The fourth-order valence-corrected chi connectivity index (χ4v) is 1.37. The molecule has 0 bridgehead atoms. The SMILES string of the molecule is Oc1ccc(Cc2ncccc2O)cc1. The van der Waals surface area contributed by atoms with E-state index in [1.807, 2.05) is 12.1 Å². The number of benzene rings is 1. The third-order valence-corrected chi connectivity index (χ3v) is 2.17. The van der Waals surface area contributed by atoms with Crippen molar-refractivity contribution in [2.45, 2.75) is 6.42 Å². The standard InChI is InChI=1S/C12H11NO2/c14-10-5-3-9(4-6-10)8-11-12(15)2-1-7-13-11/h1-7,14-15H,8H2. The van der Waals surface area contributed by atoms with Crippen molar-refractivity contribution in [3.63, 3.8) is 0 Å². The van der Waals surface area contributed by atoms with Crippen LogP contribution < -0.4 is 0 Å². The average molecular weight is 201 g/mol. The Kier molecular flexibility index (Phi) is 2.54. The molecule has 76 valence electrons. The third-order valence-electron chi connectivity index (χ3n) is 2.17. The van der Waals surface area contributed by atoms with Crippen molar-refractivity contribution in [2.24, 2.45) is 0 Å². The summed E-state index contributed by atoms with van der Waals surface area (Å²) >= 11 is 0. The van der Waals surface area contributed by atoms with Crippen LogP contribution >= 0.6 is 0 Å². The number of rotatable bonds is 2. The summed E-state index contributed by atoms with van der Waals surface area (Å²) < 4.78 is 0. The Morgan fingerprint density at radius 1 is 1.00 bits per heavy atom. The molecule has 2 aromatic rings. The zero-order valence-corrected chi connectivity index (χ0v) is 8.09. The number of hydrogen-bond donors (Lipinski definition) is 2. The molecule has 15 heavy (non-hydrogen) atoms. The molecule has 0 aliphatic carbocycles. The lowest BCUT2D eigenvalue weighted by Crippen LogP contribution is -1.91. The smallest absolute Gasteiger partial charge is 0.137 e. The fourth-order valence-electron chi connectivity index (χ4n) is 1.37. The molecule has 0 saturated carbocycles. The molecule has 3 nitrogen and oxygen atoms in total. The van der Waals surface area contributed by atoms with Gasteiger partial charge >= 0.3 is 0 Å². The van der Waals surface area contributed by atoms with E-state index >= 15 is 0 Å². The zero-order valence-electron chi connectivity index (χ0n) is 8.09. The highest BCUT2D eigenvalue weighted by Gasteiger charge is 2.02. The van der Waals surface area contributed by atoms with Crippen LogP contribution in [0.25, 0.3) is 0 Å². The Morgan fingerprint density at radius 3 is 2.40 bits per heavy atom. The van der Waals surface area contributed by atoms with Gasteiger partial charge in [-0.1, -0.05) is 12.1 Å². The van der Waals surface area contributed by atoms with Crippen molar-refractivity contribution in [3.8, 4) is 11.5 Å². The lowest BCUT2D eigenvalue weighted by molar-refractivity contribution is 0.465. The molecule has 3 heteroatoms. The van der Waals surface area contributed by atoms with Gasteiger partial charge in [0.2, 0.25) is 0 Å². The second-order valence-corrected chi connectivity index (χ2v) is 3.31. The Labute approximate surface area is 87.7 Å². The van der Waals surface area contributed by atoms with Crippen LogP contribution in [-0.4, -0.2) is 15.2 Å². The van der Waals surface area contributed by atoms with Crippen molar-refractivity contribution >= 4 is 0 Å². The quantitative estimate of drug-likeness (QED) is 0.782. The number of phenols is 1. The maximum Gasteiger partial charge on any atom is 0.137 e. The number of hydrogen-bond acceptors (Lipinski definition) is 3. The molecule has 0 radical (unpaired) electrons. The molecular weight excluding hydrogens is 190 g/mol. The van der Waals surface area contributed by atoms with Gasteiger partial charge in [0.15, 0.2) is 0 Å². The summed E-state index contributed by atoms with van der Waals surface area (Å²) in [6.45, 7) is 0. The predicted molar refractivity (Wildman–Crippen MR) is 56.8 cm³/mol. The van der Waals surface area contributed by atoms with Gasteiger partial charge in [-0.15, -0.1) is 0 Å². The Balaban J connectivity index is 2.22. The van der Waals surface area contributed by atoms with Gasteiger partial charge in [0, 0.05) is 12.6 Å². The van der Waals surface area contributed by atoms with Gasteiger partial charge in [0.1, 0.15) is 11.5 Å². The number of aromatic nitrogens is 1. The monoisotopic (exact) mass is 201 g/mol. The van der Waals surface area contributed by atoms with E-state index in [1.54, 1.807) is 30.5 Å². The second-order valence-electron chi connectivity index (χ2n) is 3.31. The first-order valence-electron chi connectivity index (χ1n) is 4.66. The van der Waals surface area contributed by atoms with Crippen LogP contribution in [0.3, 0.4) is 0 Å². The number of nitrogens with zero attached hydrogens (tertiary/aromatic N) is 1. The van der Waals surface area contributed by atoms with Crippen LogP contribution in [-0.2, 0) is 6.42 Å². The average Bonchev–Trinajstić information content (AvgIpc) is 2.25. The first-order chi connectivity index (χ1) is 7.25. The summed E-state index contributed by atoms with van der Waals surface area (Å²) in [5, 5.41) is 18.6. The molecule has 0 aliphatic rings. The lowest BCUT2D eigenvalue weighted by atomic mass is 10.1. The maximum atomic E-state index is 9.51. The van der Waals surface area contributed by atoms with Gasteiger partial charge in [-0.05, 0) is 29.8 Å². The molecule has 2 N–H and O–H groups in total. The van der Waals surface area contributed by atoms with Crippen LogP contribution in [0.5, 0.6) is 11.5 Å². The molecule has 0 saturated heterocycles. The Morgan fingerprint density at radius 2 is 1.73 bits per heavy atom. The number of phenolic OH excluding ortho intramolecular Hbond substituents is 1. The Hall–Kier alpha value is -2.03. The highest BCUT2D eigenvalue weighted by atomic mass is 16.3. The normalized spacial score (nSPS) is 10.1. The van der Waals surface area contributed by atoms with Crippen molar-refractivity contribution in [3.05, 3.63) is 53.9 Å². The summed E-state index contributed by atoms with van der Waals surface area (Å²) in [4.78, 5) is 4.08. The van der Waals surface area contributed by atoms with E-state index in [1.165, 1.54) is 0 Å². The van der Waals surface area contributed by atoms with Crippen molar-refractivity contribution in [1.29, 1.82) is 0 Å². The maximum absolute atomic E-state index is 9.51. The summed E-state index contributed by atoms with van der Waals surface area (Å²) in [6.07, 6.45) is 2.21. The van der Waals surface area contributed by atoms with E-state index in [4.69, 9.17) is 5.11 Å². The minimum atomic E-state index is 0.200. The first kappa shape index (κ1) is 9.52. The summed E-state index contributed by atoms with van der Waals surface area (Å²) in [5.74, 6) is 0.439. The largest absolute Gasteiger partial charge is 0.508 e. The molecule has 1 aromatic heterocycles. The second kappa shape index (κ2) is 4.00. The minimum absolute atomic E-state index is 0.200. The topological polar surface area (TPSA) is 53.4 Å². The van der Waals surface area contributed by atoms with E-state index in [0.29, 0.717) is 12.1 Å². The molecule has 1 heterocycles. The van der Waals surface area contributed by atoms with Crippen LogP contribution in [0.4, 0.5) is 0 Å². The highest BCUT2D eigenvalue weighted by molar-refractivity contribution is 5.33. The van der Waals surface area contributed by atoms with Crippen molar-refractivity contribution in [1.82, 2.24) is 4.98 Å². The lowest BCUT2D eigenvalue weighted by Gasteiger charge is -2.03. The summed E-state index contributed by atoms with van der Waals surface area (Å²) in [5.41, 5.74) is 1.64. The molecule has 1 aromatic carbocycles. The molecule has 0 spiro atoms. The molecule has 0 aliphatic heterocycles. The van der Waals surface area contributed by atoms with E-state index < -0.39 is 0 Å². The summed E-state index contributed by atoms with van der Waals surface area (Å²) in [6, 6.07) is 10.2. The van der Waals surface area contributed by atoms with E-state index in [2.05, 4.69) is 4.98 Å². The fraction of sp³-hybridized carbons (Fsp3) is 0.0833. The van der Waals surface area contributed by atoms with Gasteiger partial charge in [0.05, 0.1) is 5.69 Å². The van der Waals surface area contributed by atoms with Crippen LogP contribution in [0.1, 0.15) is 11.3 Å². The van der Waals surface area contributed by atoms with Gasteiger partial charge in [-0.3, -0.25) is 4.98 Å². The van der Waals surface area contributed by atoms with E-state index in [-0.39, 0.29) is 11.5 Å². The summed E-state index contributed by atoms with van der Waals surface area (Å²) in [7, 11) is 0. The van der Waals surface area contributed by atoms with E-state index in [0.717, 1.165) is 5.56 Å². The number of pyridine rings is 1. The van der Waals surface area contributed by atoms with Crippen molar-refractivity contribution in [2.75, 3.05) is 0 Å². The molecule has 0 amide bonds. The number of aromatic hydroxyl groups is 2. The highest BCUT2D eigenvalue weighted by Crippen LogP contribution is 2.18.